The number of hydrogen-bond donors (Lipinski definition) is 0. The van der Waals surface area contributed by atoms with E-state index in [4.69, 9.17) is 4.42 Å². The van der Waals surface area contributed by atoms with Crippen LogP contribution < -0.4 is 9.24 Å². The van der Waals surface area contributed by atoms with Gasteiger partial charge in [0.1, 0.15) is 0 Å². The lowest BCUT2D eigenvalue weighted by Crippen LogP contribution is -2.37. The first-order chi connectivity index (χ1) is 16.3. The fourth-order valence-electron chi connectivity index (χ4n) is 3.99. The highest BCUT2D eigenvalue weighted by Crippen LogP contribution is 2.38. The van der Waals surface area contributed by atoms with Crippen molar-refractivity contribution in [2.24, 2.45) is 0 Å². The molecular formula is C25H18N2O5S2. The Kier molecular flexibility index (Phi) is 5.30. The highest BCUT2D eigenvalue weighted by molar-refractivity contribution is 7.93. The lowest BCUT2D eigenvalue weighted by Gasteiger charge is -2.25. The number of anilines is 1. The number of aromatic nitrogens is 1. The Morgan fingerprint density at radius 3 is 2.38 bits per heavy atom. The van der Waals surface area contributed by atoms with Gasteiger partial charge >= 0.3 is 4.94 Å². The molecule has 0 fully saturated rings. The number of pyridine rings is 1. The molecule has 34 heavy (non-hydrogen) atoms. The van der Waals surface area contributed by atoms with Gasteiger partial charge in [0.2, 0.25) is 0 Å². The molecule has 0 bridgehead atoms. The summed E-state index contributed by atoms with van der Waals surface area (Å²) in [5.74, 6) is -0.734. The molecule has 2 heterocycles. The predicted molar refractivity (Wildman–Crippen MR) is 132 cm³/mol. The molecule has 0 spiro atoms. The fourth-order valence-corrected chi connectivity index (χ4v) is 6.35. The van der Waals surface area contributed by atoms with Crippen molar-refractivity contribution in [1.82, 2.24) is 4.98 Å². The average molecular weight is 491 g/mol. The number of rotatable bonds is 4. The average Bonchev–Trinajstić information content (AvgIpc) is 3.19. The minimum absolute atomic E-state index is 0.0186. The SMILES string of the molecule is Cc1ccc(S(=O)(=O)N(C(=O)c2ccncc2)c2cc3sc(=O)oc3c3ccccc23)c(C)c1. The Balaban J connectivity index is 1.86. The first-order valence-corrected chi connectivity index (χ1v) is 12.6. The highest BCUT2D eigenvalue weighted by atomic mass is 32.2. The molecule has 0 saturated carbocycles. The maximum absolute atomic E-state index is 14.1. The molecular weight excluding hydrogens is 472 g/mol. The third-order valence-electron chi connectivity index (χ3n) is 5.50. The maximum atomic E-state index is 14.1. The van der Waals surface area contributed by atoms with Gasteiger partial charge in [0, 0.05) is 28.7 Å². The second-order valence-electron chi connectivity index (χ2n) is 7.80. The highest BCUT2D eigenvalue weighted by Gasteiger charge is 2.34. The fraction of sp³-hybridized carbons (Fsp3) is 0.0800. The summed E-state index contributed by atoms with van der Waals surface area (Å²) in [5, 5.41) is 1.00. The van der Waals surface area contributed by atoms with Crippen molar-refractivity contribution in [2.75, 3.05) is 4.31 Å². The maximum Gasteiger partial charge on any atom is 0.396 e. The molecule has 0 aliphatic carbocycles. The van der Waals surface area contributed by atoms with Crippen molar-refractivity contribution in [3.05, 3.63) is 99.5 Å². The number of benzene rings is 3. The molecule has 0 unspecified atom stereocenters. The number of aryl methyl sites for hydroxylation is 2. The molecule has 0 saturated heterocycles. The Hall–Kier alpha value is -3.82. The summed E-state index contributed by atoms with van der Waals surface area (Å²) in [5.41, 5.74) is 2.08. The zero-order valence-corrected chi connectivity index (χ0v) is 19.8. The molecule has 0 atom stereocenters. The van der Waals surface area contributed by atoms with E-state index in [9.17, 15) is 18.0 Å². The van der Waals surface area contributed by atoms with Crippen molar-refractivity contribution in [3.8, 4) is 0 Å². The summed E-state index contributed by atoms with van der Waals surface area (Å²) in [6, 6.07) is 16.3. The zero-order chi connectivity index (χ0) is 24.0. The number of nitrogens with zero attached hydrogens (tertiary/aromatic N) is 2. The number of carbonyl (C=O) groups excluding carboxylic acids is 1. The van der Waals surface area contributed by atoms with Crippen LogP contribution in [0.5, 0.6) is 0 Å². The first kappa shape index (κ1) is 22.0. The van der Waals surface area contributed by atoms with Gasteiger partial charge in [-0.2, -0.15) is 4.31 Å². The third-order valence-corrected chi connectivity index (χ3v) is 8.13. The number of carbonyl (C=O) groups is 1. The van der Waals surface area contributed by atoms with Crippen molar-refractivity contribution in [3.63, 3.8) is 0 Å². The van der Waals surface area contributed by atoms with Crippen LogP contribution in [0.3, 0.4) is 0 Å². The van der Waals surface area contributed by atoms with Crippen LogP contribution in [0.25, 0.3) is 21.1 Å². The van der Waals surface area contributed by atoms with Crippen molar-refractivity contribution in [2.45, 2.75) is 18.7 Å². The van der Waals surface area contributed by atoms with Crippen molar-refractivity contribution < 1.29 is 17.6 Å². The molecule has 1 amide bonds. The van der Waals surface area contributed by atoms with Crippen LogP contribution in [0.4, 0.5) is 5.69 Å². The number of hydrogen-bond acceptors (Lipinski definition) is 7. The minimum atomic E-state index is -4.34. The molecule has 7 nitrogen and oxygen atoms in total. The predicted octanol–water partition coefficient (Wildman–Crippen LogP) is 5.06. The van der Waals surface area contributed by atoms with Gasteiger partial charge in [-0.25, -0.2) is 13.2 Å². The number of sulfonamides is 1. The van der Waals surface area contributed by atoms with E-state index >= 15 is 0 Å². The van der Waals surface area contributed by atoms with E-state index in [1.807, 2.05) is 6.92 Å². The Labute approximate surface area is 199 Å². The van der Waals surface area contributed by atoms with Gasteiger partial charge in [-0.1, -0.05) is 53.3 Å². The van der Waals surface area contributed by atoms with E-state index in [-0.39, 0.29) is 16.1 Å². The molecule has 9 heteroatoms. The third kappa shape index (κ3) is 3.59. The summed E-state index contributed by atoms with van der Waals surface area (Å²) in [6.45, 7) is 3.56. The molecule has 0 aliphatic heterocycles. The smallest absolute Gasteiger partial charge is 0.396 e. The molecule has 0 radical (unpaired) electrons. The quantitative estimate of drug-likeness (QED) is 0.349. The summed E-state index contributed by atoms with van der Waals surface area (Å²) in [7, 11) is -4.34. The molecule has 3 aromatic carbocycles. The second-order valence-corrected chi connectivity index (χ2v) is 10.5. The van der Waals surface area contributed by atoms with E-state index in [0.29, 0.717) is 26.6 Å². The number of fused-ring (bicyclic) bond motifs is 3. The molecule has 0 N–H and O–H groups in total. The largest absolute Gasteiger partial charge is 0.413 e. The lowest BCUT2D eigenvalue weighted by molar-refractivity contribution is 0.101. The van der Waals surface area contributed by atoms with Crippen LogP contribution in [0.2, 0.25) is 0 Å². The van der Waals surface area contributed by atoms with Crippen molar-refractivity contribution in [1.29, 1.82) is 0 Å². The van der Waals surface area contributed by atoms with Crippen LogP contribution in [0.15, 0.2) is 87.2 Å². The standard InChI is InChI=1S/C25H18N2O5S2/c1-15-7-8-22(16(2)13-15)34(30,31)27(24(28)17-9-11-26-12-10-17)20-14-21-23(32-25(29)33-21)19-6-4-3-5-18(19)20/h3-14H,1-2H3. The summed E-state index contributed by atoms with van der Waals surface area (Å²) >= 11 is 0.853. The molecule has 2 aromatic heterocycles. The Morgan fingerprint density at radius 2 is 1.68 bits per heavy atom. The van der Waals surface area contributed by atoms with E-state index in [1.165, 1.54) is 36.7 Å². The van der Waals surface area contributed by atoms with E-state index in [0.717, 1.165) is 21.2 Å². The second kappa shape index (κ2) is 8.19. The molecule has 170 valence electrons. The first-order valence-electron chi connectivity index (χ1n) is 10.3. The van der Waals surface area contributed by atoms with Crippen LogP contribution in [0, 0.1) is 13.8 Å². The van der Waals surface area contributed by atoms with Gasteiger partial charge in [-0.15, -0.1) is 0 Å². The van der Waals surface area contributed by atoms with Crippen LogP contribution in [0.1, 0.15) is 21.5 Å². The molecule has 5 aromatic rings. The van der Waals surface area contributed by atoms with Gasteiger partial charge in [0.25, 0.3) is 15.9 Å². The number of amides is 1. The van der Waals surface area contributed by atoms with Crippen LogP contribution in [-0.4, -0.2) is 19.3 Å². The lowest BCUT2D eigenvalue weighted by atomic mass is 10.1. The normalized spacial score (nSPS) is 11.7. The molecule has 0 aliphatic rings. The zero-order valence-electron chi connectivity index (χ0n) is 18.2. The minimum Gasteiger partial charge on any atom is -0.413 e. The van der Waals surface area contributed by atoms with Gasteiger partial charge in [0.05, 0.1) is 15.3 Å². The van der Waals surface area contributed by atoms with Crippen LogP contribution >= 0.6 is 11.3 Å². The summed E-state index contributed by atoms with van der Waals surface area (Å²) < 4.78 is 34.8. The summed E-state index contributed by atoms with van der Waals surface area (Å²) in [4.78, 5) is 29.2. The van der Waals surface area contributed by atoms with E-state index in [1.54, 1.807) is 43.3 Å². The Morgan fingerprint density at radius 1 is 0.971 bits per heavy atom. The topological polar surface area (TPSA) is 97.5 Å². The summed E-state index contributed by atoms with van der Waals surface area (Å²) in [6.07, 6.45) is 2.86. The van der Waals surface area contributed by atoms with E-state index < -0.39 is 20.9 Å². The van der Waals surface area contributed by atoms with Crippen LogP contribution in [-0.2, 0) is 10.0 Å². The monoisotopic (exact) mass is 490 g/mol. The van der Waals surface area contributed by atoms with Gasteiger partial charge in [-0.3, -0.25) is 9.78 Å². The van der Waals surface area contributed by atoms with Gasteiger partial charge in [-0.05, 0) is 43.7 Å². The van der Waals surface area contributed by atoms with Gasteiger partial charge < -0.3 is 4.42 Å². The van der Waals surface area contributed by atoms with Crippen molar-refractivity contribution >= 4 is 54.0 Å². The molecule has 5 rings (SSSR count). The Bertz CT molecular complexity index is 1740. The van der Waals surface area contributed by atoms with Gasteiger partial charge in [0.15, 0.2) is 5.58 Å². The van der Waals surface area contributed by atoms with E-state index in [2.05, 4.69) is 4.98 Å².